The fraction of sp³-hybridized carbons (Fsp3) is 0.118. The van der Waals surface area contributed by atoms with Crippen LogP contribution in [0.4, 0.5) is 8.78 Å². The van der Waals surface area contributed by atoms with Gasteiger partial charge in [-0.05, 0) is 18.2 Å². The average Bonchev–Trinajstić information content (AvgIpc) is 3.11. The second kappa shape index (κ2) is 6.57. The second-order valence-electron chi connectivity index (χ2n) is 5.27. The first-order valence-electron chi connectivity index (χ1n) is 7.18. The summed E-state index contributed by atoms with van der Waals surface area (Å²) in [5, 5.41) is 0. The van der Waals surface area contributed by atoms with E-state index in [2.05, 4.69) is 9.97 Å². The van der Waals surface area contributed by atoms with Crippen LogP contribution in [0.25, 0.3) is 5.82 Å². The predicted octanol–water partition coefficient (Wildman–Crippen LogP) is 2.82. The van der Waals surface area contributed by atoms with Crippen molar-refractivity contribution in [2.24, 2.45) is 0 Å². The Balaban J connectivity index is 1.73. The number of benzene rings is 1. The molecule has 0 bridgehead atoms. The molecule has 0 spiro atoms. The maximum atomic E-state index is 13.7. The smallest absolute Gasteiger partial charge is 0.255 e. The number of halogens is 2. The minimum atomic E-state index is -0.678. The van der Waals surface area contributed by atoms with E-state index in [0.717, 1.165) is 12.1 Å². The van der Waals surface area contributed by atoms with Gasteiger partial charge in [-0.1, -0.05) is 6.07 Å². The minimum Gasteiger partial charge on any atom is -0.337 e. The van der Waals surface area contributed by atoms with Crippen molar-refractivity contribution in [1.82, 2.24) is 19.4 Å². The molecule has 0 unspecified atom stereocenters. The van der Waals surface area contributed by atoms with Crippen LogP contribution in [-0.4, -0.2) is 32.4 Å². The van der Waals surface area contributed by atoms with Gasteiger partial charge in [0, 0.05) is 43.8 Å². The molecule has 1 amide bonds. The summed E-state index contributed by atoms with van der Waals surface area (Å²) < 4.78 is 28.3. The summed E-state index contributed by atoms with van der Waals surface area (Å²) in [6.45, 7) is 0.0359. The molecule has 0 fully saturated rings. The van der Waals surface area contributed by atoms with E-state index >= 15 is 0 Å². The Morgan fingerprint density at radius 3 is 2.71 bits per heavy atom. The first kappa shape index (κ1) is 15.8. The molecule has 0 atom stereocenters. The molecule has 2 aromatic heterocycles. The summed E-state index contributed by atoms with van der Waals surface area (Å²) in [5.41, 5.74) is 0.624. The summed E-state index contributed by atoms with van der Waals surface area (Å²) in [6, 6.07) is 6.63. The molecule has 3 rings (SSSR count). The highest BCUT2D eigenvalue weighted by Crippen LogP contribution is 2.14. The van der Waals surface area contributed by atoms with Crippen molar-refractivity contribution in [1.29, 1.82) is 0 Å². The standard InChI is InChI=1S/C17H14F2N4O/c1-22(10-13-2-4-14(18)8-15(13)19)17(24)12-3-5-16(21-9-12)23-7-6-20-11-23/h2-9,11H,10H2,1H3. The fourth-order valence-corrected chi connectivity index (χ4v) is 2.26. The molecule has 1 aromatic carbocycles. The molecule has 2 heterocycles. The van der Waals surface area contributed by atoms with Crippen molar-refractivity contribution in [2.75, 3.05) is 7.05 Å². The zero-order chi connectivity index (χ0) is 17.1. The Morgan fingerprint density at radius 2 is 2.08 bits per heavy atom. The van der Waals surface area contributed by atoms with Crippen LogP contribution in [-0.2, 0) is 6.54 Å². The molecule has 0 N–H and O–H groups in total. The van der Waals surface area contributed by atoms with E-state index in [-0.39, 0.29) is 18.0 Å². The molecule has 0 saturated carbocycles. The lowest BCUT2D eigenvalue weighted by molar-refractivity contribution is 0.0783. The Hall–Kier alpha value is -3.09. The largest absolute Gasteiger partial charge is 0.337 e. The van der Waals surface area contributed by atoms with Crippen molar-refractivity contribution in [3.8, 4) is 5.82 Å². The van der Waals surface area contributed by atoms with E-state index in [9.17, 15) is 13.6 Å². The van der Waals surface area contributed by atoms with Crippen LogP contribution in [0.2, 0.25) is 0 Å². The quantitative estimate of drug-likeness (QED) is 0.740. The van der Waals surface area contributed by atoms with Gasteiger partial charge in [-0.25, -0.2) is 18.7 Å². The monoisotopic (exact) mass is 328 g/mol. The van der Waals surface area contributed by atoms with Crippen LogP contribution < -0.4 is 0 Å². The average molecular weight is 328 g/mol. The van der Waals surface area contributed by atoms with Gasteiger partial charge in [-0.15, -0.1) is 0 Å². The Kier molecular flexibility index (Phi) is 4.33. The third-order valence-corrected chi connectivity index (χ3v) is 3.53. The maximum absolute atomic E-state index is 13.7. The number of imidazole rings is 1. The summed E-state index contributed by atoms with van der Waals surface area (Å²) in [4.78, 5) is 21.9. The number of pyridine rings is 1. The van der Waals surface area contributed by atoms with Crippen molar-refractivity contribution in [3.05, 3.63) is 78.0 Å². The molecule has 0 aliphatic heterocycles. The third-order valence-electron chi connectivity index (χ3n) is 3.53. The van der Waals surface area contributed by atoms with Gasteiger partial charge in [0.15, 0.2) is 0 Å². The van der Waals surface area contributed by atoms with E-state index in [1.54, 1.807) is 42.5 Å². The van der Waals surface area contributed by atoms with E-state index < -0.39 is 11.6 Å². The van der Waals surface area contributed by atoms with Gasteiger partial charge in [0.2, 0.25) is 0 Å². The van der Waals surface area contributed by atoms with Crippen molar-refractivity contribution < 1.29 is 13.6 Å². The van der Waals surface area contributed by atoms with E-state index in [1.807, 2.05) is 0 Å². The highest BCUT2D eigenvalue weighted by atomic mass is 19.1. The molecule has 0 saturated heterocycles. The van der Waals surface area contributed by atoms with Gasteiger partial charge in [-0.3, -0.25) is 9.36 Å². The number of hydrogen-bond acceptors (Lipinski definition) is 3. The molecule has 24 heavy (non-hydrogen) atoms. The summed E-state index contributed by atoms with van der Waals surface area (Å²) in [7, 11) is 1.55. The summed E-state index contributed by atoms with van der Waals surface area (Å²) >= 11 is 0. The zero-order valence-corrected chi connectivity index (χ0v) is 12.9. The first-order valence-corrected chi connectivity index (χ1v) is 7.18. The maximum Gasteiger partial charge on any atom is 0.255 e. The van der Waals surface area contributed by atoms with Gasteiger partial charge >= 0.3 is 0 Å². The number of hydrogen-bond donors (Lipinski definition) is 0. The van der Waals surface area contributed by atoms with Crippen LogP contribution in [0, 0.1) is 11.6 Å². The molecule has 5 nitrogen and oxygen atoms in total. The van der Waals surface area contributed by atoms with Crippen LogP contribution in [0.3, 0.4) is 0 Å². The van der Waals surface area contributed by atoms with Gasteiger partial charge in [0.05, 0.1) is 5.56 Å². The summed E-state index contributed by atoms with van der Waals surface area (Å²) in [5.74, 6) is -0.993. The van der Waals surface area contributed by atoms with Gasteiger partial charge in [0.1, 0.15) is 23.8 Å². The molecule has 0 aliphatic rings. The molecular weight excluding hydrogens is 314 g/mol. The molecule has 0 radical (unpaired) electrons. The van der Waals surface area contributed by atoms with Crippen molar-refractivity contribution >= 4 is 5.91 Å². The van der Waals surface area contributed by atoms with E-state index in [1.165, 1.54) is 17.2 Å². The number of aromatic nitrogens is 3. The van der Waals surface area contributed by atoms with Crippen LogP contribution in [0.5, 0.6) is 0 Å². The van der Waals surface area contributed by atoms with Gasteiger partial charge in [0.25, 0.3) is 5.91 Å². The lowest BCUT2D eigenvalue weighted by Crippen LogP contribution is -2.26. The van der Waals surface area contributed by atoms with Gasteiger partial charge in [-0.2, -0.15) is 0 Å². The van der Waals surface area contributed by atoms with Crippen molar-refractivity contribution in [3.63, 3.8) is 0 Å². The lowest BCUT2D eigenvalue weighted by Gasteiger charge is -2.17. The minimum absolute atomic E-state index is 0.0359. The lowest BCUT2D eigenvalue weighted by atomic mass is 10.2. The predicted molar refractivity (Wildman–Crippen MR) is 83.5 cm³/mol. The third kappa shape index (κ3) is 3.29. The number of carbonyl (C=O) groups excluding carboxylic acids is 1. The topological polar surface area (TPSA) is 51.0 Å². The molecular formula is C17H14F2N4O. The Labute approximate surface area is 137 Å². The normalized spacial score (nSPS) is 10.6. The highest BCUT2D eigenvalue weighted by Gasteiger charge is 2.15. The van der Waals surface area contributed by atoms with Crippen LogP contribution in [0.15, 0.2) is 55.2 Å². The number of amides is 1. The molecule has 122 valence electrons. The van der Waals surface area contributed by atoms with Gasteiger partial charge < -0.3 is 4.90 Å². The summed E-state index contributed by atoms with van der Waals surface area (Å²) in [6.07, 6.45) is 6.43. The molecule has 7 heteroatoms. The SMILES string of the molecule is CN(Cc1ccc(F)cc1F)C(=O)c1ccc(-n2ccnc2)nc1. The zero-order valence-electron chi connectivity index (χ0n) is 12.9. The highest BCUT2D eigenvalue weighted by molar-refractivity contribution is 5.93. The number of carbonyl (C=O) groups is 1. The number of rotatable bonds is 4. The molecule has 3 aromatic rings. The Morgan fingerprint density at radius 1 is 1.25 bits per heavy atom. The Bertz CT molecular complexity index is 848. The first-order chi connectivity index (χ1) is 11.5. The van der Waals surface area contributed by atoms with Crippen LogP contribution in [0.1, 0.15) is 15.9 Å². The van der Waals surface area contributed by atoms with Crippen molar-refractivity contribution in [2.45, 2.75) is 6.54 Å². The molecule has 0 aliphatic carbocycles. The second-order valence-corrected chi connectivity index (χ2v) is 5.27. The fourth-order valence-electron chi connectivity index (χ4n) is 2.26. The van der Waals surface area contributed by atoms with Crippen LogP contribution >= 0.6 is 0 Å². The van der Waals surface area contributed by atoms with E-state index in [0.29, 0.717) is 11.4 Å². The number of nitrogens with zero attached hydrogens (tertiary/aromatic N) is 4. The van der Waals surface area contributed by atoms with E-state index in [4.69, 9.17) is 0 Å².